The number of pyridine rings is 1. The van der Waals surface area contributed by atoms with Crippen molar-refractivity contribution < 1.29 is 31.5 Å². The van der Waals surface area contributed by atoms with Gasteiger partial charge >= 0.3 is 12.2 Å². The number of nitrogens with two attached hydrogens (primary N) is 1. The summed E-state index contributed by atoms with van der Waals surface area (Å²) in [6, 6.07) is 1.27. The minimum atomic E-state index is -4.92. The fourth-order valence-corrected chi connectivity index (χ4v) is 6.66. The van der Waals surface area contributed by atoms with Crippen molar-refractivity contribution in [3.8, 4) is 17.3 Å². The normalized spacial score (nSPS) is 20.5. The summed E-state index contributed by atoms with van der Waals surface area (Å²) in [5.74, 6) is -3.06. The van der Waals surface area contributed by atoms with Crippen LogP contribution in [0.2, 0.25) is 5.02 Å². The molecule has 3 aromatic rings. The topological polar surface area (TPSA) is 105 Å². The lowest BCUT2D eigenvalue weighted by atomic mass is 9.99. The van der Waals surface area contributed by atoms with Gasteiger partial charge in [0.25, 0.3) is 5.91 Å². The van der Waals surface area contributed by atoms with Crippen LogP contribution >= 0.6 is 11.6 Å². The zero-order valence-corrected chi connectivity index (χ0v) is 26.6. The van der Waals surface area contributed by atoms with Crippen LogP contribution in [0.15, 0.2) is 24.5 Å². The molecule has 1 amide bonds. The van der Waals surface area contributed by atoms with E-state index in [1.165, 1.54) is 17.9 Å². The molecule has 1 aromatic carbocycles. The van der Waals surface area contributed by atoms with Crippen molar-refractivity contribution in [2.75, 3.05) is 57.0 Å². The first-order valence-electron chi connectivity index (χ1n) is 14.7. The van der Waals surface area contributed by atoms with Crippen LogP contribution in [0.1, 0.15) is 24.5 Å². The molecule has 3 atom stereocenters. The number of nitrogen functional groups attached to an aromatic ring is 1. The first-order chi connectivity index (χ1) is 22.1. The van der Waals surface area contributed by atoms with Gasteiger partial charge in [0.05, 0.1) is 21.8 Å². The molecule has 0 radical (unpaired) electrons. The van der Waals surface area contributed by atoms with Gasteiger partial charge in [-0.15, -0.1) is 0 Å². The van der Waals surface area contributed by atoms with Crippen LogP contribution < -0.4 is 15.4 Å². The predicted molar refractivity (Wildman–Crippen MR) is 167 cm³/mol. The molecular formula is C31H32ClF5N8O2. The fourth-order valence-electron chi connectivity index (χ4n) is 6.38. The highest BCUT2D eigenvalue weighted by atomic mass is 35.5. The maximum absolute atomic E-state index is 16.6. The standard InChI is InChI=1S/C31H32ClF5N8O2/c1-15-8-18(43(5)12-15)14-47-30-41-26-20(28(42-30)44-6-7-45(29(46)17(3)33)19(13-44)11-39-4)10-21(32)23(25(26)34)27-24(31(35,36)37)16(2)9-22(38)40-27/h9-10,15,18-19H,3,6-8,11-14H2,1-2,5H3,(H2,38,40)/t15-,18+,19+/m1/s1. The number of carbonyl (C=O) groups is 1. The van der Waals surface area contributed by atoms with Crippen LogP contribution in [-0.4, -0.2) is 89.1 Å². The second-order valence-electron chi connectivity index (χ2n) is 11.9. The number of carbonyl (C=O) groups excluding carboxylic acids is 1. The summed E-state index contributed by atoms with van der Waals surface area (Å²) in [6.45, 7) is 14.6. The third-order valence-electron chi connectivity index (χ3n) is 8.48. The van der Waals surface area contributed by atoms with Crippen LogP contribution in [0.25, 0.3) is 27.0 Å². The van der Waals surface area contributed by atoms with Crippen molar-refractivity contribution in [1.29, 1.82) is 0 Å². The minimum Gasteiger partial charge on any atom is -0.462 e. The Morgan fingerprint density at radius 2 is 1.94 bits per heavy atom. The number of benzene rings is 1. The lowest BCUT2D eigenvalue weighted by Crippen LogP contribution is -2.56. The molecule has 5 rings (SSSR count). The number of amides is 1. The summed E-state index contributed by atoms with van der Waals surface area (Å²) in [6.07, 6.45) is -4.08. The van der Waals surface area contributed by atoms with E-state index in [1.54, 1.807) is 4.90 Å². The predicted octanol–water partition coefficient (Wildman–Crippen LogP) is 5.53. The molecule has 10 nitrogen and oxygen atoms in total. The number of halogens is 6. The number of nitrogens with zero attached hydrogens (tertiary/aromatic N) is 7. The van der Waals surface area contributed by atoms with Crippen molar-refractivity contribution in [2.45, 2.75) is 38.5 Å². The van der Waals surface area contributed by atoms with Crippen molar-refractivity contribution in [3.63, 3.8) is 0 Å². The Bertz CT molecular complexity index is 1780. The number of rotatable bonds is 7. The highest BCUT2D eigenvalue weighted by Crippen LogP contribution is 2.44. The molecule has 2 aliphatic heterocycles. The van der Waals surface area contributed by atoms with Gasteiger partial charge in [-0.3, -0.25) is 9.69 Å². The average Bonchev–Trinajstić information content (AvgIpc) is 3.30. The Balaban J connectivity index is 1.67. The first kappa shape index (κ1) is 34.1. The molecule has 2 aliphatic rings. The van der Waals surface area contributed by atoms with Gasteiger partial charge in [0.15, 0.2) is 11.6 Å². The molecule has 0 saturated carbocycles. The summed E-state index contributed by atoms with van der Waals surface area (Å²) in [7, 11) is 1.95. The average molecular weight is 679 g/mol. The Morgan fingerprint density at radius 1 is 1.21 bits per heavy atom. The van der Waals surface area contributed by atoms with Gasteiger partial charge in [0.2, 0.25) is 6.54 Å². The molecule has 2 fully saturated rings. The van der Waals surface area contributed by atoms with E-state index in [0.29, 0.717) is 5.92 Å². The van der Waals surface area contributed by atoms with E-state index in [9.17, 15) is 22.4 Å². The summed E-state index contributed by atoms with van der Waals surface area (Å²) >= 11 is 6.53. The minimum absolute atomic E-state index is 0.00892. The summed E-state index contributed by atoms with van der Waals surface area (Å²) < 4.78 is 79.1. The number of piperazine rings is 1. The molecule has 250 valence electrons. The fraction of sp³-hybridized carbons (Fsp3) is 0.452. The third-order valence-corrected chi connectivity index (χ3v) is 8.78. The zero-order valence-electron chi connectivity index (χ0n) is 25.8. The van der Waals surface area contributed by atoms with E-state index in [4.69, 9.17) is 28.6 Å². The molecule has 4 heterocycles. The molecule has 2 aromatic heterocycles. The van der Waals surface area contributed by atoms with Gasteiger partial charge in [-0.1, -0.05) is 25.1 Å². The first-order valence-corrected chi connectivity index (χ1v) is 15.1. The highest BCUT2D eigenvalue weighted by molar-refractivity contribution is 6.34. The number of hydrogen-bond acceptors (Lipinski definition) is 8. The van der Waals surface area contributed by atoms with Crippen LogP contribution in [0, 0.1) is 25.2 Å². The Morgan fingerprint density at radius 3 is 2.55 bits per heavy atom. The molecule has 0 bridgehead atoms. The number of aryl methyl sites for hydroxylation is 1. The Hall–Kier alpha value is -4.29. The molecule has 2 N–H and O–H groups in total. The van der Waals surface area contributed by atoms with E-state index >= 15 is 4.39 Å². The van der Waals surface area contributed by atoms with Crippen LogP contribution in [0.4, 0.5) is 33.6 Å². The van der Waals surface area contributed by atoms with Crippen LogP contribution in [0.3, 0.4) is 0 Å². The maximum Gasteiger partial charge on any atom is 0.418 e. The summed E-state index contributed by atoms with van der Waals surface area (Å²) in [5.41, 5.74) is 2.50. The van der Waals surface area contributed by atoms with Crippen molar-refractivity contribution in [1.82, 2.24) is 24.8 Å². The van der Waals surface area contributed by atoms with Crippen molar-refractivity contribution >= 4 is 40.0 Å². The SMILES string of the molecule is [C-]#[N+]C[C@H]1CN(c2nc(OC[C@@H]3C[C@@H](C)CN3C)nc3c(F)c(-c4nc(N)cc(C)c4C(F)(F)F)c(Cl)cc23)CCN1C(=O)C(=C)F. The van der Waals surface area contributed by atoms with Gasteiger partial charge in [-0.25, -0.2) is 20.3 Å². The summed E-state index contributed by atoms with van der Waals surface area (Å²) in [4.78, 5) is 33.5. The largest absolute Gasteiger partial charge is 0.462 e. The molecule has 0 unspecified atom stereocenters. The Labute approximate surface area is 272 Å². The highest BCUT2D eigenvalue weighted by Gasteiger charge is 2.39. The third kappa shape index (κ3) is 6.75. The number of fused-ring (bicyclic) bond motifs is 1. The summed E-state index contributed by atoms with van der Waals surface area (Å²) in [5, 5.41) is -0.362. The lowest BCUT2D eigenvalue weighted by Gasteiger charge is -2.39. The van der Waals surface area contributed by atoms with Crippen LogP contribution in [0.5, 0.6) is 6.01 Å². The smallest absolute Gasteiger partial charge is 0.418 e. The van der Waals surface area contributed by atoms with Crippen molar-refractivity contribution in [2.24, 2.45) is 5.92 Å². The monoisotopic (exact) mass is 678 g/mol. The number of hydrogen-bond donors (Lipinski definition) is 1. The second-order valence-corrected chi connectivity index (χ2v) is 12.4. The quantitative estimate of drug-likeness (QED) is 0.198. The number of likely N-dealkylation sites (tertiary alicyclic amines) is 1. The number of aromatic nitrogens is 3. The van der Waals surface area contributed by atoms with Gasteiger partial charge in [0.1, 0.15) is 29.8 Å². The lowest BCUT2D eigenvalue weighted by molar-refractivity contribution is -0.137. The van der Waals surface area contributed by atoms with Gasteiger partial charge in [-0.05, 0) is 44.0 Å². The maximum atomic E-state index is 16.6. The number of alkyl halides is 3. The number of ether oxygens (including phenoxy) is 1. The molecule has 0 aliphatic carbocycles. The molecule has 2 saturated heterocycles. The van der Waals surface area contributed by atoms with E-state index in [1.807, 2.05) is 7.05 Å². The van der Waals surface area contributed by atoms with Crippen molar-refractivity contribution in [3.05, 3.63) is 57.9 Å². The number of likely N-dealkylation sites (N-methyl/N-ethyl adjacent to an activating group) is 1. The van der Waals surface area contributed by atoms with E-state index in [2.05, 4.69) is 38.2 Å². The molecule has 47 heavy (non-hydrogen) atoms. The van der Waals surface area contributed by atoms with Gasteiger partial charge in [0, 0.05) is 37.6 Å². The molecule has 16 heteroatoms. The molecular weight excluding hydrogens is 647 g/mol. The van der Waals surface area contributed by atoms with E-state index < -0.39 is 51.6 Å². The zero-order chi connectivity index (χ0) is 34.4. The molecule has 0 spiro atoms. The Kier molecular flexibility index (Phi) is 9.47. The number of anilines is 2. The second kappa shape index (κ2) is 13.1. The van der Waals surface area contributed by atoms with Gasteiger partial charge < -0.3 is 25.1 Å². The van der Waals surface area contributed by atoms with Crippen LogP contribution in [-0.2, 0) is 11.0 Å². The van der Waals surface area contributed by atoms with E-state index in [-0.39, 0.29) is 72.9 Å². The van der Waals surface area contributed by atoms with E-state index in [0.717, 1.165) is 19.0 Å². The van der Waals surface area contributed by atoms with Gasteiger partial charge in [-0.2, -0.15) is 23.1 Å².